The third-order valence-electron chi connectivity index (χ3n) is 2.42. The highest BCUT2D eigenvalue weighted by molar-refractivity contribution is 7.07. The molecule has 0 aliphatic rings. The lowest BCUT2D eigenvalue weighted by molar-refractivity contribution is -0.139. The standard InChI is InChI=1S/C13H9F3O2S/c14-13(15,16)11-5-9(6-17)1-2-12(11)18-7-10-3-4-19-8-10/h1-6,8H,7H2. The van der Waals surface area contributed by atoms with Gasteiger partial charge in [0.05, 0.1) is 5.56 Å². The third-order valence-corrected chi connectivity index (χ3v) is 3.15. The maximum atomic E-state index is 12.8. The first-order chi connectivity index (χ1) is 9.00. The van der Waals surface area contributed by atoms with Crippen LogP contribution in [-0.4, -0.2) is 6.29 Å². The molecule has 2 rings (SSSR count). The third kappa shape index (κ3) is 3.35. The second kappa shape index (κ2) is 5.44. The molecule has 19 heavy (non-hydrogen) atoms. The van der Waals surface area contributed by atoms with Crippen molar-refractivity contribution in [2.24, 2.45) is 0 Å². The van der Waals surface area contributed by atoms with Crippen LogP contribution in [0.1, 0.15) is 21.5 Å². The van der Waals surface area contributed by atoms with Gasteiger partial charge in [-0.25, -0.2) is 0 Å². The fraction of sp³-hybridized carbons (Fsp3) is 0.154. The second-order valence-corrected chi connectivity index (χ2v) is 4.57. The molecule has 2 aromatic rings. The Kier molecular flexibility index (Phi) is 3.90. The first-order valence-electron chi connectivity index (χ1n) is 5.31. The van der Waals surface area contributed by atoms with Gasteiger partial charge < -0.3 is 4.74 Å². The van der Waals surface area contributed by atoms with Gasteiger partial charge in [-0.1, -0.05) is 0 Å². The quantitative estimate of drug-likeness (QED) is 0.789. The summed E-state index contributed by atoms with van der Waals surface area (Å²) in [6, 6.07) is 5.03. The van der Waals surface area contributed by atoms with E-state index in [-0.39, 0.29) is 17.9 Å². The van der Waals surface area contributed by atoms with E-state index < -0.39 is 11.7 Å². The van der Waals surface area contributed by atoms with Crippen molar-refractivity contribution in [3.05, 3.63) is 51.7 Å². The minimum Gasteiger partial charge on any atom is -0.488 e. The second-order valence-electron chi connectivity index (χ2n) is 3.79. The average Bonchev–Trinajstić information content (AvgIpc) is 2.88. The van der Waals surface area contributed by atoms with Crippen LogP contribution < -0.4 is 4.74 Å². The molecule has 0 saturated heterocycles. The molecular weight excluding hydrogens is 277 g/mol. The van der Waals surface area contributed by atoms with Crippen LogP contribution in [0.4, 0.5) is 13.2 Å². The van der Waals surface area contributed by atoms with Crippen LogP contribution in [0.2, 0.25) is 0 Å². The number of carbonyl (C=O) groups is 1. The largest absolute Gasteiger partial charge is 0.488 e. The highest BCUT2D eigenvalue weighted by atomic mass is 32.1. The molecule has 100 valence electrons. The predicted molar refractivity (Wildman–Crippen MR) is 65.5 cm³/mol. The van der Waals surface area contributed by atoms with Gasteiger partial charge in [0.2, 0.25) is 0 Å². The van der Waals surface area contributed by atoms with E-state index in [4.69, 9.17) is 4.74 Å². The number of carbonyl (C=O) groups excluding carboxylic acids is 1. The van der Waals surface area contributed by atoms with E-state index in [1.54, 1.807) is 11.4 Å². The Hall–Kier alpha value is -1.82. The van der Waals surface area contributed by atoms with Crippen molar-refractivity contribution >= 4 is 17.6 Å². The first kappa shape index (κ1) is 13.6. The number of alkyl halides is 3. The number of hydrogen-bond donors (Lipinski definition) is 0. The van der Waals surface area contributed by atoms with Crippen molar-refractivity contribution in [1.82, 2.24) is 0 Å². The van der Waals surface area contributed by atoms with Crippen molar-refractivity contribution in [3.8, 4) is 5.75 Å². The fourth-order valence-electron chi connectivity index (χ4n) is 1.50. The molecule has 0 saturated carbocycles. The SMILES string of the molecule is O=Cc1ccc(OCc2ccsc2)c(C(F)(F)F)c1. The summed E-state index contributed by atoms with van der Waals surface area (Å²) in [5, 5.41) is 3.62. The molecule has 1 heterocycles. The van der Waals surface area contributed by atoms with Crippen LogP contribution in [0.15, 0.2) is 35.0 Å². The van der Waals surface area contributed by atoms with Gasteiger partial charge >= 0.3 is 6.18 Å². The summed E-state index contributed by atoms with van der Waals surface area (Å²) in [6.45, 7) is 0.0625. The molecule has 0 atom stereocenters. The van der Waals surface area contributed by atoms with Crippen LogP contribution in [0.5, 0.6) is 5.75 Å². The lowest BCUT2D eigenvalue weighted by Gasteiger charge is -2.14. The summed E-state index contributed by atoms with van der Waals surface area (Å²) >= 11 is 1.44. The van der Waals surface area contributed by atoms with Crippen LogP contribution >= 0.6 is 11.3 Å². The number of rotatable bonds is 4. The Labute approximate surface area is 111 Å². The number of hydrogen-bond acceptors (Lipinski definition) is 3. The molecular formula is C13H9F3O2S. The van der Waals surface area contributed by atoms with Gasteiger partial charge in [-0.3, -0.25) is 4.79 Å². The first-order valence-corrected chi connectivity index (χ1v) is 6.25. The smallest absolute Gasteiger partial charge is 0.419 e. The summed E-state index contributed by atoms with van der Waals surface area (Å²) in [6.07, 6.45) is -4.18. The molecule has 0 radical (unpaired) electrons. The van der Waals surface area contributed by atoms with E-state index >= 15 is 0 Å². The Morgan fingerprint density at radius 1 is 1.26 bits per heavy atom. The summed E-state index contributed by atoms with van der Waals surface area (Å²) in [5.74, 6) is -0.274. The monoisotopic (exact) mass is 286 g/mol. The topological polar surface area (TPSA) is 26.3 Å². The van der Waals surface area contributed by atoms with Gasteiger partial charge in [0.15, 0.2) is 0 Å². The van der Waals surface area contributed by atoms with Gasteiger partial charge in [0.25, 0.3) is 0 Å². The Bertz CT molecular complexity index is 562. The molecule has 0 fully saturated rings. The zero-order chi connectivity index (χ0) is 13.9. The van der Waals surface area contributed by atoms with Crippen LogP contribution in [-0.2, 0) is 12.8 Å². The molecule has 0 spiro atoms. The number of benzene rings is 1. The van der Waals surface area contributed by atoms with Crippen LogP contribution in [0.3, 0.4) is 0 Å². The van der Waals surface area contributed by atoms with E-state index in [9.17, 15) is 18.0 Å². The summed E-state index contributed by atoms with van der Waals surface area (Å²) in [7, 11) is 0. The lowest BCUT2D eigenvalue weighted by atomic mass is 10.1. The van der Waals surface area contributed by atoms with E-state index in [0.29, 0.717) is 6.29 Å². The van der Waals surface area contributed by atoms with Crippen molar-refractivity contribution in [3.63, 3.8) is 0 Å². The maximum absolute atomic E-state index is 12.8. The highest BCUT2D eigenvalue weighted by Crippen LogP contribution is 2.37. The van der Waals surface area contributed by atoms with Crippen LogP contribution in [0.25, 0.3) is 0 Å². The minimum atomic E-state index is -4.55. The number of aldehydes is 1. The van der Waals surface area contributed by atoms with E-state index in [2.05, 4.69) is 0 Å². The van der Waals surface area contributed by atoms with Crippen molar-refractivity contribution in [2.75, 3.05) is 0 Å². The van der Waals surface area contributed by atoms with Gasteiger partial charge in [-0.2, -0.15) is 24.5 Å². The molecule has 0 amide bonds. The molecule has 0 N–H and O–H groups in total. The highest BCUT2D eigenvalue weighted by Gasteiger charge is 2.34. The van der Waals surface area contributed by atoms with Crippen molar-refractivity contribution < 1.29 is 22.7 Å². The minimum absolute atomic E-state index is 0.0322. The zero-order valence-corrected chi connectivity index (χ0v) is 10.4. The normalized spacial score (nSPS) is 11.3. The van der Waals surface area contributed by atoms with E-state index in [1.165, 1.54) is 23.5 Å². The van der Waals surface area contributed by atoms with Crippen molar-refractivity contribution in [2.45, 2.75) is 12.8 Å². The molecule has 0 unspecified atom stereocenters. The summed E-state index contributed by atoms with van der Waals surface area (Å²) < 4.78 is 43.7. The van der Waals surface area contributed by atoms with E-state index in [1.807, 2.05) is 5.38 Å². The summed E-state index contributed by atoms with van der Waals surface area (Å²) in [4.78, 5) is 10.5. The van der Waals surface area contributed by atoms with Gasteiger partial charge in [0.1, 0.15) is 18.6 Å². The summed E-state index contributed by atoms with van der Waals surface area (Å²) in [5.41, 5.74) is -0.167. The molecule has 1 aromatic carbocycles. The van der Waals surface area contributed by atoms with E-state index in [0.717, 1.165) is 11.6 Å². The van der Waals surface area contributed by atoms with Crippen LogP contribution in [0, 0.1) is 0 Å². The molecule has 6 heteroatoms. The molecule has 0 bridgehead atoms. The van der Waals surface area contributed by atoms with Gasteiger partial charge in [-0.15, -0.1) is 0 Å². The lowest BCUT2D eigenvalue weighted by Crippen LogP contribution is -2.09. The van der Waals surface area contributed by atoms with Gasteiger partial charge in [-0.05, 0) is 40.6 Å². The zero-order valence-electron chi connectivity index (χ0n) is 9.61. The number of halogens is 3. The molecule has 1 aromatic heterocycles. The maximum Gasteiger partial charge on any atom is 0.419 e. The predicted octanol–water partition coefficient (Wildman–Crippen LogP) is 4.16. The Morgan fingerprint density at radius 3 is 2.63 bits per heavy atom. The average molecular weight is 286 g/mol. The fourth-order valence-corrected chi connectivity index (χ4v) is 2.16. The molecule has 0 aliphatic carbocycles. The van der Waals surface area contributed by atoms with Gasteiger partial charge in [0, 0.05) is 5.56 Å². The number of ether oxygens (including phenoxy) is 1. The number of thiophene rings is 1. The Balaban J connectivity index is 2.26. The van der Waals surface area contributed by atoms with Crippen molar-refractivity contribution in [1.29, 1.82) is 0 Å². The molecule has 2 nitrogen and oxygen atoms in total. The Morgan fingerprint density at radius 2 is 2.05 bits per heavy atom. The molecule has 0 aliphatic heterocycles.